The van der Waals surface area contributed by atoms with Crippen molar-refractivity contribution in [1.29, 1.82) is 0 Å². The van der Waals surface area contributed by atoms with E-state index in [2.05, 4.69) is 5.32 Å². The smallest absolute Gasteiger partial charge is 0.333 e. The summed E-state index contributed by atoms with van der Waals surface area (Å²) in [4.78, 5) is 49.7. The van der Waals surface area contributed by atoms with Crippen LogP contribution in [0.15, 0.2) is 41.3 Å². The average molecular weight is 494 g/mol. The van der Waals surface area contributed by atoms with Gasteiger partial charge in [0, 0.05) is 5.57 Å². The highest BCUT2D eigenvalue weighted by atomic mass is 35.6. The van der Waals surface area contributed by atoms with E-state index in [0.717, 1.165) is 16.7 Å². The van der Waals surface area contributed by atoms with Gasteiger partial charge in [-0.3, -0.25) is 14.4 Å². The zero-order chi connectivity index (χ0) is 21.9. The quantitative estimate of drug-likeness (QED) is 0.268. The maximum atomic E-state index is 12.6. The lowest BCUT2D eigenvalue weighted by Crippen LogP contribution is -2.74. The molecule has 0 saturated carbocycles. The van der Waals surface area contributed by atoms with Crippen molar-refractivity contribution in [2.75, 3.05) is 13.2 Å². The molecule has 2 amide bonds. The Morgan fingerprint density at radius 2 is 1.93 bits per heavy atom. The summed E-state index contributed by atoms with van der Waals surface area (Å²) in [5.41, 5.74) is 0.0381. The molecule has 1 saturated heterocycles. The van der Waals surface area contributed by atoms with Crippen LogP contribution in [0.1, 0.15) is 0 Å². The number of carbonyl (C=O) groups excluding carboxylic acids is 4. The molecule has 0 spiro atoms. The molecule has 0 bridgehead atoms. The van der Waals surface area contributed by atoms with Gasteiger partial charge in [-0.25, -0.2) is 4.79 Å². The van der Waals surface area contributed by atoms with E-state index in [1.54, 1.807) is 24.3 Å². The molecule has 1 aromatic carbocycles. The van der Waals surface area contributed by atoms with Crippen LogP contribution < -0.4 is 10.1 Å². The summed E-state index contributed by atoms with van der Waals surface area (Å²) in [5.74, 6) is -1.44. The number of nitrogens with zero attached hydrogens (tertiary/aromatic N) is 1. The highest BCUT2D eigenvalue weighted by Crippen LogP contribution is 2.40. The summed E-state index contributed by atoms with van der Waals surface area (Å²) in [7, 11) is 0. The van der Waals surface area contributed by atoms with Crippen LogP contribution in [0.5, 0.6) is 5.75 Å². The third kappa shape index (κ3) is 5.21. The van der Waals surface area contributed by atoms with E-state index in [4.69, 9.17) is 44.3 Å². The summed E-state index contributed by atoms with van der Waals surface area (Å²) in [6.45, 7) is -0.828. The predicted octanol–water partition coefficient (Wildman–Crippen LogP) is 1.83. The number of β-lactam (4-membered cyclic amide) rings is 1. The molecule has 2 aliphatic heterocycles. The Morgan fingerprint density at radius 3 is 2.57 bits per heavy atom. The second-order valence-corrected chi connectivity index (χ2v) is 9.79. The van der Waals surface area contributed by atoms with Crippen molar-refractivity contribution in [2.45, 2.75) is 21.3 Å². The number of aldehydes is 1. The SMILES string of the molecule is O=CC1=CS[C@H]2C(NC(=O)COc3ccccc3)C(=O)N2C1C(=O)OCC(Cl)(Cl)Cl. The number of benzene rings is 1. The molecule has 2 aliphatic rings. The van der Waals surface area contributed by atoms with Crippen molar-refractivity contribution in [2.24, 2.45) is 0 Å². The summed E-state index contributed by atoms with van der Waals surface area (Å²) < 4.78 is 8.45. The Bertz CT molecular complexity index is 876. The minimum Gasteiger partial charge on any atom is -0.484 e. The number of fused-ring (bicyclic) bond motifs is 1. The van der Waals surface area contributed by atoms with Crippen LogP contribution in [0.3, 0.4) is 0 Å². The third-order valence-electron chi connectivity index (χ3n) is 4.18. The zero-order valence-corrected chi connectivity index (χ0v) is 18.2. The van der Waals surface area contributed by atoms with E-state index in [1.807, 2.05) is 6.07 Å². The largest absolute Gasteiger partial charge is 0.484 e. The van der Waals surface area contributed by atoms with Gasteiger partial charge < -0.3 is 19.7 Å². The first-order chi connectivity index (χ1) is 14.2. The molecule has 2 heterocycles. The summed E-state index contributed by atoms with van der Waals surface area (Å²) in [6, 6.07) is 6.57. The zero-order valence-electron chi connectivity index (χ0n) is 15.1. The van der Waals surface area contributed by atoms with Crippen LogP contribution in [0.4, 0.5) is 0 Å². The van der Waals surface area contributed by atoms with E-state index in [9.17, 15) is 19.2 Å². The molecular formula is C18H15Cl3N2O6S. The van der Waals surface area contributed by atoms with Gasteiger partial charge in [0.05, 0.1) is 0 Å². The van der Waals surface area contributed by atoms with Gasteiger partial charge in [-0.15, -0.1) is 11.8 Å². The topological polar surface area (TPSA) is 102 Å². The van der Waals surface area contributed by atoms with Gasteiger partial charge >= 0.3 is 5.97 Å². The number of carbonyl (C=O) groups is 4. The van der Waals surface area contributed by atoms with E-state index in [-0.39, 0.29) is 12.2 Å². The Balaban J connectivity index is 1.62. The highest BCUT2D eigenvalue weighted by molar-refractivity contribution is 8.03. The number of esters is 1. The fourth-order valence-corrected chi connectivity index (χ4v) is 4.21. The second kappa shape index (κ2) is 9.47. The van der Waals surface area contributed by atoms with Gasteiger partial charge in [0.25, 0.3) is 5.91 Å². The molecule has 8 nitrogen and oxygen atoms in total. The van der Waals surface area contributed by atoms with Crippen molar-refractivity contribution < 1.29 is 28.7 Å². The summed E-state index contributed by atoms with van der Waals surface area (Å²) >= 11 is 17.9. The van der Waals surface area contributed by atoms with Gasteiger partial charge in [0.15, 0.2) is 12.6 Å². The summed E-state index contributed by atoms with van der Waals surface area (Å²) in [5, 5.41) is 3.43. The Kier molecular flexibility index (Phi) is 7.18. The first kappa shape index (κ1) is 22.7. The highest BCUT2D eigenvalue weighted by Gasteiger charge is 2.56. The lowest BCUT2D eigenvalue weighted by Gasteiger charge is -2.51. The summed E-state index contributed by atoms with van der Waals surface area (Å²) in [6.07, 6.45) is 0.456. The van der Waals surface area contributed by atoms with Crippen LogP contribution in [0, 0.1) is 0 Å². The normalized spacial score (nSPS) is 22.9. The van der Waals surface area contributed by atoms with Crippen molar-refractivity contribution >= 4 is 70.6 Å². The van der Waals surface area contributed by atoms with Crippen LogP contribution in [-0.4, -0.2) is 63.4 Å². The number of nitrogens with one attached hydrogen (secondary N) is 1. The van der Waals surface area contributed by atoms with Gasteiger partial charge in [-0.2, -0.15) is 0 Å². The number of alkyl halides is 3. The number of ether oxygens (including phenoxy) is 2. The van der Waals surface area contributed by atoms with Crippen molar-refractivity contribution in [3.05, 3.63) is 41.3 Å². The van der Waals surface area contributed by atoms with Crippen LogP contribution in [-0.2, 0) is 23.9 Å². The fourth-order valence-electron chi connectivity index (χ4n) is 2.87. The number of hydrogen-bond acceptors (Lipinski definition) is 7. The third-order valence-corrected chi connectivity index (χ3v) is 5.70. The molecule has 0 aromatic heterocycles. The number of halogens is 3. The lowest BCUT2D eigenvalue weighted by atomic mass is 9.98. The number of thioether (sulfide) groups is 1. The molecular weight excluding hydrogens is 479 g/mol. The molecule has 1 N–H and O–H groups in total. The molecule has 1 fully saturated rings. The molecule has 1 aromatic rings. The maximum absolute atomic E-state index is 12.6. The van der Waals surface area contributed by atoms with E-state index < -0.39 is 45.6 Å². The minimum atomic E-state index is -1.84. The predicted molar refractivity (Wildman–Crippen MR) is 111 cm³/mol. The van der Waals surface area contributed by atoms with Gasteiger partial charge in [-0.05, 0) is 17.5 Å². The lowest BCUT2D eigenvalue weighted by molar-refractivity contribution is -0.163. The van der Waals surface area contributed by atoms with Gasteiger partial charge in [0.2, 0.25) is 9.70 Å². The molecule has 0 radical (unpaired) electrons. The Morgan fingerprint density at radius 1 is 1.23 bits per heavy atom. The van der Waals surface area contributed by atoms with Crippen molar-refractivity contribution in [3.63, 3.8) is 0 Å². The molecule has 0 aliphatic carbocycles. The molecule has 160 valence electrons. The number of amides is 2. The molecule has 12 heteroatoms. The maximum Gasteiger partial charge on any atom is 0.333 e. The molecule has 3 rings (SSSR count). The molecule has 2 unspecified atom stereocenters. The fraction of sp³-hybridized carbons (Fsp3) is 0.333. The van der Waals surface area contributed by atoms with Crippen LogP contribution >= 0.6 is 46.6 Å². The van der Waals surface area contributed by atoms with E-state index >= 15 is 0 Å². The van der Waals surface area contributed by atoms with Crippen LogP contribution in [0.25, 0.3) is 0 Å². The first-order valence-corrected chi connectivity index (χ1v) is 10.6. The van der Waals surface area contributed by atoms with E-state index in [0.29, 0.717) is 12.0 Å². The molecule has 30 heavy (non-hydrogen) atoms. The van der Waals surface area contributed by atoms with E-state index in [1.165, 1.54) is 5.41 Å². The number of rotatable bonds is 7. The first-order valence-electron chi connectivity index (χ1n) is 8.55. The van der Waals surface area contributed by atoms with Crippen molar-refractivity contribution in [3.8, 4) is 5.75 Å². The van der Waals surface area contributed by atoms with Crippen molar-refractivity contribution in [1.82, 2.24) is 10.2 Å². The Labute approximate surface area is 190 Å². The van der Waals surface area contributed by atoms with Gasteiger partial charge in [-0.1, -0.05) is 53.0 Å². The Hall–Kier alpha value is -1.94. The van der Waals surface area contributed by atoms with Crippen LogP contribution in [0.2, 0.25) is 0 Å². The monoisotopic (exact) mass is 492 g/mol. The number of para-hydroxylation sites is 1. The second-order valence-electron chi connectivity index (χ2n) is 6.28. The average Bonchev–Trinajstić information content (AvgIpc) is 2.73. The van der Waals surface area contributed by atoms with Gasteiger partial charge in [0.1, 0.15) is 30.1 Å². The number of hydrogen-bond donors (Lipinski definition) is 1. The molecule has 3 atom stereocenters. The minimum absolute atomic E-state index is 0.0381. The standard InChI is InChI=1S/C18H15Cl3N2O6S/c19-18(20,21)9-29-17(27)14-10(6-24)8-30-16-13(15(26)23(14)16)22-12(25)7-28-11-4-2-1-3-5-11/h1-6,8,13-14,16H,7,9H2,(H,22,25)/t13?,14?,16-/m0/s1.